The van der Waals surface area contributed by atoms with Crippen LogP contribution in [-0.2, 0) is 19.1 Å². The molecule has 0 amide bonds. The zero-order chi connectivity index (χ0) is 13.1. The number of ether oxygens (including phenoxy) is 2. The summed E-state index contributed by atoms with van der Waals surface area (Å²) in [5, 5.41) is 0. The number of hydrogen-bond acceptors (Lipinski definition) is 4. The van der Waals surface area contributed by atoms with E-state index in [9.17, 15) is 9.59 Å². The molecule has 0 bridgehead atoms. The summed E-state index contributed by atoms with van der Waals surface area (Å²) < 4.78 is 9.52. The molecule has 0 saturated heterocycles. The number of rotatable bonds is 4. The van der Waals surface area contributed by atoms with Crippen molar-refractivity contribution in [2.24, 2.45) is 0 Å². The Morgan fingerprint density at radius 1 is 0.812 bits per heavy atom. The molecule has 0 unspecified atom stereocenters. The fraction of sp³-hybridized carbons (Fsp3) is 0.833. The van der Waals surface area contributed by atoms with Gasteiger partial charge in [-0.3, -0.25) is 9.59 Å². The molecule has 0 fully saturated rings. The maximum atomic E-state index is 10.4. The predicted octanol–water partition coefficient (Wildman–Crippen LogP) is 2.70. The van der Waals surface area contributed by atoms with Crippen LogP contribution < -0.4 is 0 Å². The Labute approximate surface area is 98.3 Å². The predicted molar refractivity (Wildman–Crippen MR) is 63.0 cm³/mol. The van der Waals surface area contributed by atoms with Gasteiger partial charge in [0.2, 0.25) is 0 Å². The van der Waals surface area contributed by atoms with Crippen molar-refractivity contribution >= 4 is 11.9 Å². The molecule has 0 aliphatic heterocycles. The molecule has 96 valence electrons. The number of hydrogen-bond donors (Lipinski definition) is 0. The highest BCUT2D eigenvalue weighted by molar-refractivity contribution is 5.69. The Balaban J connectivity index is 0. The van der Waals surface area contributed by atoms with E-state index in [4.69, 9.17) is 9.47 Å². The van der Waals surface area contributed by atoms with Gasteiger partial charge in [0.05, 0.1) is 12.2 Å². The van der Waals surface area contributed by atoms with E-state index in [2.05, 4.69) is 0 Å². The van der Waals surface area contributed by atoms with Crippen LogP contribution >= 0.6 is 0 Å². The summed E-state index contributed by atoms with van der Waals surface area (Å²) in [6.45, 7) is 10.9. The molecule has 0 aromatic carbocycles. The second-order valence-electron chi connectivity index (χ2n) is 3.78. The van der Waals surface area contributed by atoms with E-state index in [0.29, 0.717) is 12.8 Å². The van der Waals surface area contributed by atoms with Crippen molar-refractivity contribution in [1.29, 1.82) is 0 Å². The van der Waals surface area contributed by atoms with Crippen molar-refractivity contribution in [3.05, 3.63) is 0 Å². The van der Waals surface area contributed by atoms with Gasteiger partial charge in [-0.05, 0) is 27.7 Å². The molecular formula is C12H24O4. The van der Waals surface area contributed by atoms with Crippen LogP contribution in [0.15, 0.2) is 0 Å². The van der Waals surface area contributed by atoms with Crippen LogP contribution in [0.3, 0.4) is 0 Å². The summed E-state index contributed by atoms with van der Waals surface area (Å²) in [4.78, 5) is 20.8. The van der Waals surface area contributed by atoms with Gasteiger partial charge in [0.25, 0.3) is 0 Å². The van der Waals surface area contributed by atoms with Crippen LogP contribution in [0, 0.1) is 0 Å². The van der Waals surface area contributed by atoms with Crippen LogP contribution in [0.5, 0.6) is 0 Å². The summed E-state index contributed by atoms with van der Waals surface area (Å²) in [6, 6.07) is 0. The Hall–Kier alpha value is -1.06. The summed E-state index contributed by atoms with van der Waals surface area (Å²) >= 11 is 0. The first kappa shape index (κ1) is 17.3. The highest BCUT2D eigenvalue weighted by atomic mass is 16.5. The molecule has 16 heavy (non-hydrogen) atoms. The average Bonchev–Trinajstić information content (AvgIpc) is 2.16. The summed E-state index contributed by atoms with van der Waals surface area (Å²) in [6.07, 6.45) is 1.00. The minimum Gasteiger partial charge on any atom is -0.463 e. The first-order valence-electron chi connectivity index (χ1n) is 5.72. The summed E-state index contributed by atoms with van der Waals surface area (Å²) in [5.74, 6) is -0.250. The minimum atomic E-state index is -0.125. The Kier molecular flexibility index (Phi) is 11.3. The zero-order valence-corrected chi connectivity index (χ0v) is 11.2. The van der Waals surface area contributed by atoms with E-state index < -0.39 is 0 Å². The zero-order valence-electron chi connectivity index (χ0n) is 11.2. The molecule has 4 nitrogen and oxygen atoms in total. The third-order valence-electron chi connectivity index (χ3n) is 1.31. The molecular weight excluding hydrogens is 208 g/mol. The molecule has 0 rings (SSSR count). The van der Waals surface area contributed by atoms with Crippen LogP contribution in [0.2, 0.25) is 0 Å². The molecule has 0 aliphatic rings. The van der Waals surface area contributed by atoms with Crippen LogP contribution in [0.4, 0.5) is 0 Å². The second kappa shape index (κ2) is 10.5. The van der Waals surface area contributed by atoms with Gasteiger partial charge >= 0.3 is 11.9 Å². The molecule has 4 heteroatoms. The number of carbonyl (C=O) groups is 2. The second-order valence-corrected chi connectivity index (χ2v) is 3.78. The lowest BCUT2D eigenvalue weighted by Gasteiger charge is -2.04. The third-order valence-corrected chi connectivity index (χ3v) is 1.31. The Morgan fingerprint density at radius 3 is 1.12 bits per heavy atom. The first-order valence-corrected chi connectivity index (χ1v) is 5.72. The minimum absolute atomic E-state index is 0.0300. The molecule has 0 spiro atoms. The first-order chi connectivity index (χ1) is 7.33. The highest BCUT2D eigenvalue weighted by Crippen LogP contribution is 1.91. The van der Waals surface area contributed by atoms with E-state index in [0.717, 1.165) is 0 Å². The van der Waals surface area contributed by atoms with E-state index in [1.165, 1.54) is 0 Å². The molecule has 0 aromatic rings. The lowest BCUT2D eigenvalue weighted by molar-refractivity contribution is -0.147. The monoisotopic (exact) mass is 232 g/mol. The maximum absolute atomic E-state index is 10.4. The van der Waals surface area contributed by atoms with Gasteiger partial charge in [0, 0.05) is 12.8 Å². The number of carbonyl (C=O) groups excluding carboxylic acids is 2. The van der Waals surface area contributed by atoms with E-state index in [1.54, 1.807) is 13.8 Å². The standard InChI is InChI=1S/2C6H12O2/c2*1-4-6(7)8-5(2)3/h2*5H,4H2,1-3H3. The fourth-order valence-electron chi connectivity index (χ4n) is 0.692. The SMILES string of the molecule is CCC(=O)OC(C)C.CCC(=O)OC(C)C. The van der Waals surface area contributed by atoms with Crippen molar-refractivity contribution in [2.75, 3.05) is 0 Å². The summed E-state index contributed by atoms with van der Waals surface area (Å²) in [7, 11) is 0. The van der Waals surface area contributed by atoms with Gasteiger partial charge in [-0.25, -0.2) is 0 Å². The van der Waals surface area contributed by atoms with Gasteiger partial charge in [0.15, 0.2) is 0 Å². The van der Waals surface area contributed by atoms with Gasteiger partial charge in [0.1, 0.15) is 0 Å². The van der Waals surface area contributed by atoms with Crippen molar-refractivity contribution < 1.29 is 19.1 Å². The molecule has 0 heterocycles. The molecule has 0 N–H and O–H groups in total. The number of esters is 2. The third kappa shape index (κ3) is 15.4. The van der Waals surface area contributed by atoms with Gasteiger partial charge in [-0.2, -0.15) is 0 Å². The smallest absolute Gasteiger partial charge is 0.305 e. The van der Waals surface area contributed by atoms with Crippen molar-refractivity contribution in [2.45, 2.75) is 66.6 Å². The summed E-state index contributed by atoms with van der Waals surface area (Å²) in [5.41, 5.74) is 0. The van der Waals surface area contributed by atoms with Crippen molar-refractivity contribution in [1.82, 2.24) is 0 Å². The van der Waals surface area contributed by atoms with E-state index in [-0.39, 0.29) is 24.1 Å². The topological polar surface area (TPSA) is 52.6 Å². The molecule has 0 saturated carbocycles. The highest BCUT2D eigenvalue weighted by Gasteiger charge is 1.99. The van der Waals surface area contributed by atoms with Crippen molar-refractivity contribution in [3.63, 3.8) is 0 Å². The normalized spacial score (nSPS) is 9.50. The largest absolute Gasteiger partial charge is 0.463 e. The molecule has 0 radical (unpaired) electrons. The fourth-order valence-corrected chi connectivity index (χ4v) is 0.692. The molecule has 0 aromatic heterocycles. The van der Waals surface area contributed by atoms with Crippen LogP contribution in [-0.4, -0.2) is 24.1 Å². The van der Waals surface area contributed by atoms with E-state index >= 15 is 0 Å². The van der Waals surface area contributed by atoms with Gasteiger partial charge in [-0.15, -0.1) is 0 Å². The molecule has 0 aliphatic carbocycles. The quantitative estimate of drug-likeness (QED) is 0.699. The Bertz CT molecular complexity index is 175. The van der Waals surface area contributed by atoms with Gasteiger partial charge < -0.3 is 9.47 Å². The van der Waals surface area contributed by atoms with Crippen LogP contribution in [0.25, 0.3) is 0 Å². The van der Waals surface area contributed by atoms with Crippen molar-refractivity contribution in [3.8, 4) is 0 Å². The van der Waals surface area contributed by atoms with Gasteiger partial charge in [-0.1, -0.05) is 13.8 Å². The molecule has 0 atom stereocenters. The van der Waals surface area contributed by atoms with Crippen LogP contribution in [0.1, 0.15) is 54.4 Å². The lowest BCUT2D eigenvalue weighted by Crippen LogP contribution is -2.09. The maximum Gasteiger partial charge on any atom is 0.305 e. The lowest BCUT2D eigenvalue weighted by atomic mass is 10.4. The average molecular weight is 232 g/mol. The Morgan fingerprint density at radius 2 is 1.06 bits per heavy atom. The van der Waals surface area contributed by atoms with E-state index in [1.807, 2.05) is 27.7 Å².